The van der Waals surface area contributed by atoms with Gasteiger partial charge in [0, 0.05) is 0 Å². The van der Waals surface area contributed by atoms with E-state index in [1.807, 2.05) is 6.92 Å². The minimum absolute atomic E-state index is 0.0794. The lowest BCUT2D eigenvalue weighted by Crippen LogP contribution is -2.15. The first-order valence-electron chi connectivity index (χ1n) is 5.34. The maximum Gasteiger partial charge on any atom is 0.126 e. The highest BCUT2D eigenvalue weighted by Gasteiger charge is 2.24. The van der Waals surface area contributed by atoms with Gasteiger partial charge in [0.1, 0.15) is 11.6 Å². The lowest BCUT2D eigenvalue weighted by molar-refractivity contribution is 0.462. The van der Waals surface area contributed by atoms with Crippen molar-refractivity contribution in [2.45, 2.75) is 19.3 Å². The molecule has 1 aliphatic rings. The summed E-state index contributed by atoms with van der Waals surface area (Å²) in [5.74, 6) is -0.156. The van der Waals surface area contributed by atoms with E-state index in [0.717, 1.165) is 19.5 Å². The number of benzene rings is 1. The Balaban J connectivity index is 2.23. The highest BCUT2D eigenvalue weighted by molar-refractivity contribution is 5.23. The van der Waals surface area contributed by atoms with Crippen molar-refractivity contribution in [3.05, 3.63) is 35.4 Å². The minimum atomic E-state index is -0.357. The normalized spacial score (nSPS) is 23.0. The van der Waals surface area contributed by atoms with E-state index in [1.165, 1.54) is 18.2 Å². The summed E-state index contributed by atoms with van der Waals surface area (Å²) in [5, 5.41) is 3.24. The van der Waals surface area contributed by atoms with E-state index in [-0.39, 0.29) is 17.6 Å². The SMILES string of the molecule is CC(c1cc(F)ccc1F)C1CCNC1. The Kier molecular flexibility index (Phi) is 3.00. The van der Waals surface area contributed by atoms with Crippen LogP contribution in [0.4, 0.5) is 8.78 Å². The molecule has 2 atom stereocenters. The first kappa shape index (κ1) is 10.6. The van der Waals surface area contributed by atoms with E-state index in [0.29, 0.717) is 11.5 Å². The second kappa shape index (κ2) is 4.27. The van der Waals surface area contributed by atoms with Crippen molar-refractivity contribution in [3.8, 4) is 0 Å². The molecule has 1 heterocycles. The molecular formula is C12H15F2N. The van der Waals surface area contributed by atoms with Gasteiger partial charge < -0.3 is 5.32 Å². The zero-order valence-electron chi connectivity index (χ0n) is 8.76. The third-order valence-corrected chi connectivity index (χ3v) is 3.25. The molecule has 1 N–H and O–H groups in total. The highest BCUT2D eigenvalue weighted by Crippen LogP contribution is 2.30. The van der Waals surface area contributed by atoms with Crippen molar-refractivity contribution in [2.24, 2.45) is 5.92 Å². The fraction of sp³-hybridized carbons (Fsp3) is 0.500. The molecule has 2 rings (SSSR count). The molecule has 0 saturated carbocycles. The van der Waals surface area contributed by atoms with Gasteiger partial charge in [-0.2, -0.15) is 0 Å². The van der Waals surface area contributed by atoms with E-state index < -0.39 is 0 Å². The average molecular weight is 211 g/mol. The molecule has 1 saturated heterocycles. The van der Waals surface area contributed by atoms with Crippen LogP contribution in [0.15, 0.2) is 18.2 Å². The van der Waals surface area contributed by atoms with Crippen LogP contribution in [0, 0.1) is 17.6 Å². The summed E-state index contributed by atoms with van der Waals surface area (Å²) in [6.07, 6.45) is 1.04. The molecule has 1 aromatic carbocycles. The van der Waals surface area contributed by atoms with Crippen LogP contribution in [0.3, 0.4) is 0 Å². The van der Waals surface area contributed by atoms with Gasteiger partial charge in [0.25, 0.3) is 0 Å². The van der Waals surface area contributed by atoms with Gasteiger partial charge in [-0.1, -0.05) is 6.92 Å². The molecule has 0 amide bonds. The topological polar surface area (TPSA) is 12.0 Å². The lowest BCUT2D eigenvalue weighted by atomic mass is 9.87. The van der Waals surface area contributed by atoms with Crippen LogP contribution in [0.2, 0.25) is 0 Å². The van der Waals surface area contributed by atoms with Gasteiger partial charge in [-0.3, -0.25) is 0 Å². The van der Waals surface area contributed by atoms with Crippen molar-refractivity contribution >= 4 is 0 Å². The summed E-state index contributed by atoms with van der Waals surface area (Å²) in [6, 6.07) is 3.69. The first-order valence-corrected chi connectivity index (χ1v) is 5.34. The number of hydrogen-bond donors (Lipinski definition) is 1. The van der Waals surface area contributed by atoms with Crippen LogP contribution in [-0.4, -0.2) is 13.1 Å². The van der Waals surface area contributed by atoms with Crippen LogP contribution in [0.1, 0.15) is 24.8 Å². The van der Waals surface area contributed by atoms with E-state index in [2.05, 4.69) is 5.32 Å². The predicted octanol–water partition coefficient (Wildman–Crippen LogP) is 2.68. The second-order valence-electron chi connectivity index (χ2n) is 4.21. The van der Waals surface area contributed by atoms with Crippen molar-refractivity contribution in [3.63, 3.8) is 0 Å². The fourth-order valence-electron chi connectivity index (χ4n) is 2.22. The molecule has 2 unspecified atom stereocenters. The van der Waals surface area contributed by atoms with Gasteiger partial charge in [0.05, 0.1) is 0 Å². The average Bonchev–Trinajstić information content (AvgIpc) is 2.74. The standard InChI is InChI=1S/C12H15F2N/c1-8(9-4-5-15-7-9)11-6-10(13)2-3-12(11)14/h2-3,6,8-9,15H,4-5,7H2,1H3. The third kappa shape index (κ3) is 2.17. The molecule has 3 heteroatoms. The molecule has 1 aliphatic heterocycles. The Labute approximate surface area is 88.5 Å². The highest BCUT2D eigenvalue weighted by atomic mass is 19.1. The molecule has 0 spiro atoms. The van der Waals surface area contributed by atoms with Gasteiger partial charge in [-0.25, -0.2) is 8.78 Å². The maximum atomic E-state index is 13.5. The number of hydrogen-bond acceptors (Lipinski definition) is 1. The minimum Gasteiger partial charge on any atom is -0.316 e. The van der Waals surface area contributed by atoms with E-state index >= 15 is 0 Å². The fourth-order valence-corrected chi connectivity index (χ4v) is 2.22. The van der Waals surface area contributed by atoms with Crippen LogP contribution >= 0.6 is 0 Å². The van der Waals surface area contributed by atoms with Crippen molar-refractivity contribution in [2.75, 3.05) is 13.1 Å². The van der Waals surface area contributed by atoms with Crippen LogP contribution in [0.25, 0.3) is 0 Å². The molecule has 15 heavy (non-hydrogen) atoms. The molecule has 0 radical (unpaired) electrons. The lowest BCUT2D eigenvalue weighted by Gasteiger charge is -2.19. The number of rotatable bonds is 2. The molecule has 0 aliphatic carbocycles. The molecule has 1 aromatic rings. The van der Waals surface area contributed by atoms with Crippen molar-refractivity contribution in [1.29, 1.82) is 0 Å². The molecule has 1 nitrogen and oxygen atoms in total. The summed E-state index contributed by atoms with van der Waals surface area (Å²) in [4.78, 5) is 0. The van der Waals surface area contributed by atoms with E-state index in [9.17, 15) is 8.78 Å². The summed E-state index contributed by atoms with van der Waals surface area (Å²) >= 11 is 0. The molecule has 82 valence electrons. The number of halogens is 2. The molecule has 1 fully saturated rings. The summed E-state index contributed by atoms with van der Waals surface area (Å²) in [6.45, 7) is 3.85. The molecule has 0 aromatic heterocycles. The summed E-state index contributed by atoms with van der Waals surface area (Å²) in [7, 11) is 0. The summed E-state index contributed by atoms with van der Waals surface area (Å²) in [5.41, 5.74) is 0.503. The third-order valence-electron chi connectivity index (χ3n) is 3.25. The van der Waals surface area contributed by atoms with Crippen LogP contribution < -0.4 is 5.32 Å². The van der Waals surface area contributed by atoms with Gasteiger partial charge >= 0.3 is 0 Å². The van der Waals surface area contributed by atoms with Crippen LogP contribution in [0.5, 0.6) is 0 Å². The Bertz CT molecular complexity index is 345. The second-order valence-corrected chi connectivity index (χ2v) is 4.21. The monoisotopic (exact) mass is 211 g/mol. The Morgan fingerprint density at radius 1 is 1.40 bits per heavy atom. The quantitative estimate of drug-likeness (QED) is 0.793. The van der Waals surface area contributed by atoms with Gasteiger partial charge in [0.2, 0.25) is 0 Å². The van der Waals surface area contributed by atoms with E-state index in [4.69, 9.17) is 0 Å². The first-order chi connectivity index (χ1) is 7.18. The predicted molar refractivity (Wildman–Crippen MR) is 55.7 cm³/mol. The number of nitrogens with one attached hydrogen (secondary N) is 1. The zero-order chi connectivity index (χ0) is 10.8. The smallest absolute Gasteiger partial charge is 0.126 e. The Morgan fingerprint density at radius 3 is 2.87 bits per heavy atom. The van der Waals surface area contributed by atoms with Crippen molar-refractivity contribution in [1.82, 2.24) is 5.32 Å². The zero-order valence-corrected chi connectivity index (χ0v) is 8.76. The van der Waals surface area contributed by atoms with Crippen LogP contribution in [-0.2, 0) is 0 Å². The van der Waals surface area contributed by atoms with Gasteiger partial charge in [-0.15, -0.1) is 0 Å². The Hall–Kier alpha value is -0.960. The molecular weight excluding hydrogens is 196 g/mol. The maximum absolute atomic E-state index is 13.5. The largest absolute Gasteiger partial charge is 0.316 e. The van der Waals surface area contributed by atoms with E-state index in [1.54, 1.807) is 0 Å². The summed E-state index contributed by atoms with van der Waals surface area (Å²) < 4.78 is 26.5. The molecule has 0 bridgehead atoms. The Morgan fingerprint density at radius 2 is 2.20 bits per heavy atom. The van der Waals surface area contributed by atoms with Gasteiger partial charge in [-0.05, 0) is 55.1 Å². The van der Waals surface area contributed by atoms with Gasteiger partial charge in [0.15, 0.2) is 0 Å². The van der Waals surface area contributed by atoms with Crippen molar-refractivity contribution < 1.29 is 8.78 Å².